The predicted octanol–water partition coefficient (Wildman–Crippen LogP) is 4.30. The summed E-state index contributed by atoms with van der Waals surface area (Å²) in [5, 5.41) is 3.36. The highest BCUT2D eigenvalue weighted by Gasteiger charge is 2.09. The van der Waals surface area contributed by atoms with Crippen molar-refractivity contribution < 1.29 is 4.39 Å². The second-order valence-corrected chi connectivity index (χ2v) is 5.60. The summed E-state index contributed by atoms with van der Waals surface area (Å²) in [6.45, 7) is 4.94. The maximum absolute atomic E-state index is 13.6. The van der Waals surface area contributed by atoms with Crippen molar-refractivity contribution in [2.24, 2.45) is 0 Å². The fraction of sp³-hybridized carbons (Fsp3) is 0.333. The standard InChI is InChI=1S/C15H18FNS/c1-3-12-8-9-13(18-12)10-17-11(2)14-6-4-5-7-15(14)16/h4-9,11,17H,3,10H2,1-2H3/t11-/m1/s1. The van der Waals surface area contributed by atoms with Crippen molar-refractivity contribution in [1.82, 2.24) is 5.32 Å². The first-order valence-corrected chi connectivity index (χ1v) is 7.07. The zero-order chi connectivity index (χ0) is 13.0. The monoisotopic (exact) mass is 263 g/mol. The van der Waals surface area contributed by atoms with Gasteiger partial charge in [-0.05, 0) is 31.5 Å². The molecule has 1 heterocycles. The second kappa shape index (κ2) is 6.12. The quantitative estimate of drug-likeness (QED) is 0.848. The number of hydrogen-bond donors (Lipinski definition) is 1. The molecule has 1 atom stereocenters. The third kappa shape index (κ3) is 3.18. The van der Waals surface area contributed by atoms with Crippen LogP contribution in [0.3, 0.4) is 0 Å². The number of benzene rings is 1. The summed E-state index contributed by atoms with van der Waals surface area (Å²) in [6, 6.07) is 11.3. The van der Waals surface area contributed by atoms with E-state index in [1.807, 2.05) is 30.4 Å². The van der Waals surface area contributed by atoms with Gasteiger partial charge in [-0.3, -0.25) is 0 Å². The Hall–Kier alpha value is -1.19. The second-order valence-electron chi connectivity index (χ2n) is 4.35. The summed E-state index contributed by atoms with van der Waals surface area (Å²) in [6.07, 6.45) is 1.08. The van der Waals surface area contributed by atoms with E-state index in [1.165, 1.54) is 15.8 Å². The molecule has 2 aromatic rings. The molecule has 0 aliphatic rings. The third-order valence-electron chi connectivity index (χ3n) is 3.02. The van der Waals surface area contributed by atoms with Gasteiger partial charge in [0, 0.05) is 27.9 Å². The van der Waals surface area contributed by atoms with Crippen LogP contribution in [0.25, 0.3) is 0 Å². The number of hydrogen-bond acceptors (Lipinski definition) is 2. The average molecular weight is 263 g/mol. The van der Waals surface area contributed by atoms with E-state index in [9.17, 15) is 4.39 Å². The maximum Gasteiger partial charge on any atom is 0.127 e. The van der Waals surface area contributed by atoms with Gasteiger partial charge >= 0.3 is 0 Å². The van der Waals surface area contributed by atoms with Crippen LogP contribution in [0.2, 0.25) is 0 Å². The van der Waals surface area contributed by atoms with Gasteiger partial charge in [0.05, 0.1) is 0 Å². The smallest absolute Gasteiger partial charge is 0.127 e. The lowest BCUT2D eigenvalue weighted by Gasteiger charge is -2.14. The molecule has 0 amide bonds. The molecule has 0 radical (unpaired) electrons. The van der Waals surface area contributed by atoms with E-state index in [2.05, 4.69) is 24.4 Å². The van der Waals surface area contributed by atoms with E-state index in [0.29, 0.717) is 0 Å². The van der Waals surface area contributed by atoms with Crippen molar-refractivity contribution in [3.05, 3.63) is 57.5 Å². The number of nitrogens with one attached hydrogen (secondary N) is 1. The fourth-order valence-electron chi connectivity index (χ4n) is 1.90. The minimum Gasteiger partial charge on any atom is -0.305 e. The molecule has 18 heavy (non-hydrogen) atoms. The van der Waals surface area contributed by atoms with Gasteiger partial charge in [0.2, 0.25) is 0 Å². The largest absolute Gasteiger partial charge is 0.305 e. The molecule has 0 spiro atoms. The Kier molecular flexibility index (Phi) is 4.50. The zero-order valence-corrected chi connectivity index (χ0v) is 11.6. The van der Waals surface area contributed by atoms with Crippen LogP contribution in [0, 0.1) is 5.82 Å². The van der Waals surface area contributed by atoms with Gasteiger partial charge in [-0.15, -0.1) is 11.3 Å². The highest BCUT2D eigenvalue weighted by Crippen LogP contribution is 2.20. The lowest BCUT2D eigenvalue weighted by molar-refractivity contribution is 0.530. The molecule has 0 aliphatic heterocycles. The lowest BCUT2D eigenvalue weighted by atomic mass is 10.1. The Balaban J connectivity index is 1.96. The SMILES string of the molecule is CCc1ccc(CN[C@H](C)c2ccccc2F)s1. The summed E-state index contributed by atoms with van der Waals surface area (Å²) >= 11 is 1.82. The lowest BCUT2D eigenvalue weighted by Crippen LogP contribution is -2.18. The Labute approximate surface area is 112 Å². The Morgan fingerprint density at radius 3 is 2.56 bits per heavy atom. The minimum atomic E-state index is -0.141. The third-order valence-corrected chi connectivity index (χ3v) is 4.25. The summed E-state index contributed by atoms with van der Waals surface area (Å²) < 4.78 is 13.6. The van der Waals surface area contributed by atoms with E-state index < -0.39 is 0 Å². The minimum absolute atomic E-state index is 0.0263. The van der Waals surface area contributed by atoms with Crippen molar-refractivity contribution in [1.29, 1.82) is 0 Å². The van der Waals surface area contributed by atoms with E-state index in [1.54, 1.807) is 6.07 Å². The molecule has 0 unspecified atom stereocenters. The van der Waals surface area contributed by atoms with Gasteiger partial charge in [0.15, 0.2) is 0 Å². The summed E-state index contributed by atoms with van der Waals surface area (Å²) in [7, 11) is 0. The van der Waals surface area contributed by atoms with Crippen molar-refractivity contribution in [2.75, 3.05) is 0 Å². The summed E-state index contributed by atoms with van der Waals surface area (Å²) in [5.74, 6) is -0.141. The van der Waals surface area contributed by atoms with Crippen LogP contribution in [0.5, 0.6) is 0 Å². The Bertz CT molecular complexity index is 507. The highest BCUT2D eigenvalue weighted by molar-refractivity contribution is 7.11. The number of halogens is 1. The van der Waals surface area contributed by atoms with E-state index in [-0.39, 0.29) is 11.9 Å². The van der Waals surface area contributed by atoms with Crippen LogP contribution < -0.4 is 5.32 Å². The predicted molar refractivity (Wildman–Crippen MR) is 75.4 cm³/mol. The molecule has 0 fully saturated rings. The van der Waals surface area contributed by atoms with E-state index >= 15 is 0 Å². The first kappa shape index (κ1) is 13.2. The summed E-state index contributed by atoms with van der Waals surface area (Å²) in [5.41, 5.74) is 0.727. The van der Waals surface area contributed by atoms with Gasteiger partial charge < -0.3 is 5.32 Å². The molecular formula is C15H18FNS. The molecule has 3 heteroatoms. The van der Waals surface area contributed by atoms with Gasteiger partial charge in [-0.1, -0.05) is 25.1 Å². The normalized spacial score (nSPS) is 12.6. The van der Waals surface area contributed by atoms with Gasteiger partial charge in [0.1, 0.15) is 5.82 Å². The Morgan fingerprint density at radius 2 is 1.89 bits per heavy atom. The molecular weight excluding hydrogens is 245 g/mol. The number of rotatable bonds is 5. The van der Waals surface area contributed by atoms with Gasteiger partial charge in [-0.25, -0.2) is 4.39 Å². The van der Waals surface area contributed by atoms with Crippen LogP contribution in [-0.4, -0.2) is 0 Å². The molecule has 0 saturated carbocycles. The molecule has 1 nitrogen and oxygen atoms in total. The van der Waals surface area contributed by atoms with E-state index in [0.717, 1.165) is 18.5 Å². The fourth-order valence-corrected chi connectivity index (χ4v) is 2.81. The van der Waals surface area contributed by atoms with Crippen molar-refractivity contribution in [3.63, 3.8) is 0 Å². The summed E-state index contributed by atoms with van der Waals surface area (Å²) in [4.78, 5) is 2.69. The molecule has 0 saturated heterocycles. The van der Waals surface area contributed by atoms with Gasteiger partial charge in [0.25, 0.3) is 0 Å². The average Bonchev–Trinajstić information content (AvgIpc) is 2.84. The van der Waals surface area contributed by atoms with Gasteiger partial charge in [-0.2, -0.15) is 0 Å². The molecule has 2 rings (SSSR count). The van der Waals surface area contributed by atoms with Crippen LogP contribution in [0.1, 0.15) is 35.2 Å². The number of thiophene rings is 1. The van der Waals surface area contributed by atoms with Crippen molar-refractivity contribution in [3.8, 4) is 0 Å². The highest BCUT2D eigenvalue weighted by atomic mass is 32.1. The first-order valence-electron chi connectivity index (χ1n) is 6.26. The molecule has 1 aromatic carbocycles. The molecule has 96 valence electrons. The molecule has 1 aromatic heterocycles. The van der Waals surface area contributed by atoms with Crippen LogP contribution in [-0.2, 0) is 13.0 Å². The number of aryl methyl sites for hydroxylation is 1. The van der Waals surface area contributed by atoms with Crippen LogP contribution >= 0.6 is 11.3 Å². The molecule has 0 bridgehead atoms. The van der Waals surface area contributed by atoms with Crippen LogP contribution in [0.15, 0.2) is 36.4 Å². The molecule has 0 aliphatic carbocycles. The zero-order valence-electron chi connectivity index (χ0n) is 10.7. The van der Waals surface area contributed by atoms with Crippen molar-refractivity contribution in [2.45, 2.75) is 32.9 Å². The Morgan fingerprint density at radius 1 is 1.17 bits per heavy atom. The topological polar surface area (TPSA) is 12.0 Å². The van der Waals surface area contributed by atoms with Crippen molar-refractivity contribution >= 4 is 11.3 Å². The van der Waals surface area contributed by atoms with E-state index in [4.69, 9.17) is 0 Å². The first-order chi connectivity index (χ1) is 8.70. The molecule has 1 N–H and O–H groups in total. The van der Waals surface area contributed by atoms with Crippen LogP contribution in [0.4, 0.5) is 4.39 Å². The maximum atomic E-state index is 13.6.